The Balaban J connectivity index is 1.37. The van der Waals surface area contributed by atoms with Gasteiger partial charge in [-0.05, 0) is 72.3 Å². The number of hydrogen-bond acceptors (Lipinski definition) is 11. The number of benzene rings is 1. The van der Waals surface area contributed by atoms with E-state index in [0.29, 0.717) is 42.2 Å². The minimum atomic E-state index is -4.07. The maximum atomic E-state index is 14.8. The number of rotatable bonds is 10. The van der Waals surface area contributed by atoms with Crippen molar-refractivity contribution in [3.8, 4) is 11.6 Å². The average Bonchev–Trinajstić information content (AvgIpc) is 4.04. The van der Waals surface area contributed by atoms with E-state index in [1.54, 1.807) is 39.0 Å². The van der Waals surface area contributed by atoms with Crippen LogP contribution in [0, 0.1) is 5.92 Å². The normalized spacial score (nSPS) is 29.5. The highest BCUT2D eigenvalue weighted by Gasteiger charge is 2.63. The maximum absolute atomic E-state index is 14.8. The fourth-order valence-corrected chi connectivity index (χ4v) is 8.61. The van der Waals surface area contributed by atoms with Gasteiger partial charge in [-0.25, -0.2) is 27.0 Å². The summed E-state index contributed by atoms with van der Waals surface area (Å²) in [5, 5.41) is 6.57. The van der Waals surface area contributed by atoms with Crippen LogP contribution in [0.5, 0.6) is 11.6 Å². The Labute approximate surface area is 330 Å². The Morgan fingerprint density at radius 1 is 1.18 bits per heavy atom. The molecule has 2 aromatic rings. The molecule has 15 nitrogen and oxygen atoms in total. The van der Waals surface area contributed by atoms with Crippen LogP contribution in [0.25, 0.3) is 10.8 Å². The third-order valence-corrected chi connectivity index (χ3v) is 13.5. The summed E-state index contributed by atoms with van der Waals surface area (Å²) in [4.78, 5) is 62.1. The molecule has 2 aliphatic carbocycles. The van der Waals surface area contributed by atoms with E-state index in [0.717, 1.165) is 13.8 Å². The van der Waals surface area contributed by atoms with E-state index < -0.39 is 92.5 Å². The second kappa shape index (κ2) is 16.0. The van der Waals surface area contributed by atoms with Crippen molar-refractivity contribution in [1.82, 2.24) is 25.2 Å². The van der Waals surface area contributed by atoms with Gasteiger partial charge in [-0.15, -0.1) is 0 Å². The summed E-state index contributed by atoms with van der Waals surface area (Å²) in [6.07, 6.45) is 0.335. The largest absolute Gasteiger partial charge is 0.494 e. The standard InChI is InChI=1S/C39H51F2N5O10S/c1-7-28-30(43-36(50)56-37(3,4)34(40)41)33(48)46-21-24(55-32-26-15-11-10-14-25(26)29(53-6)20-42-32)18-27(46)31(47)44-39(19-23(39)13-9-8-12-22(2)54-28)35(49)45-57(51,52)38(5)16-17-38/h9-11,13-15,20,22-24,27-28,30,34H,7-8,12,16-19,21H2,1-6H3,(H,43,50)(H,44,47)(H,45,49)/b13-9-/t22-,23-,24-,27+,28+,30+,39-/m1/s1. The van der Waals surface area contributed by atoms with Gasteiger partial charge in [-0.2, -0.15) is 0 Å². The molecule has 0 radical (unpaired) electrons. The van der Waals surface area contributed by atoms with Gasteiger partial charge >= 0.3 is 6.09 Å². The molecule has 4 amide bonds. The van der Waals surface area contributed by atoms with Crippen molar-refractivity contribution in [2.45, 2.75) is 132 Å². The van der Waals surface area contributed by atoms with Crippen LogP contribution in [0.15, 0.2) is 42.6 Å². The SMILES string of the molecule is CC[C@@H]1O[C@H](C)CC/C=C\[C@@H]2C[C@@]2(C(=O)NS(=O)(=O)C2(C)CC2)NC(=O)[C@@H]2C[C@@H](Oc3ncc(OC)c4ccccc34)CN2C(=O)[C@H]1NC(=O)OC(C)(C)C(F)F. The summed E-state index contributed by atoms with van der Waals surface area (Å²) in [6, 6.07) is 4.39. The molecule has 312 valence electrons. The van der Waals surface area contributed by atoms with Gasteiger partial charge < -0.3 is 34.5 Å². The lowest BCUT2D eigenvalue weighted by Gasteiger charge is -2.34. The van der Waals surface area contributed by atoms with Gasteiger partial charge in [0.25, 0.3) is 12.3 Å². The van der Waals surface area contributed by atoms with Gasteiger partial charge in [0.05, 0.1) is 36.8 Å². The molecule has 2 aliphatic heterocycles. The van der Waals surface area contributed by atoms with Gasteiger partial charge in [0.2, 0.25) is 27.7 Å². The molecule has 1 aromatic carbocycles. The zero-order valence-electron chi connectivity index (χ0n) is 32.9. The number of amides is 4. The molecular weight excluding hydrogens is 769 g/mol. The Kier molecular flexibility index (Phi) is 11.8. The summed E-state index contributed by atoms with van der Waals surface area (Å²) in [7, 11) is -2.56. The number of methoxy groups -OCH3 is 1. The fourth-order valence-electron chi connectivity index (χ4n) is 7.30. The molecule has 3 heterocycles. The van der Waals surface area contributed by atoms with Crippen LogP contribution in [0.3, 0.4) is 0 Å². The molecule has 4 aliphatic rings. The first-order chi connectivity index (χ1) is 26.8. The number of carbonyl (C=O) groups excluding carboxylic acids is 4. The number of carbonyl (C=O) groups is 4. The van der Waals surface area contributed by atoms with Gasteiger partial charge in [0, 0.05) is 23.1 Å². The second-order valence-corrected chi connectivity index (χ2v) is 18.3. The van der Waals surface area contributed by atoms with E-state index in [-0.39, 0.29) is 31.7 Å². The minimum absolute atomic E-state index is 0.0994. The number of fused-ring (bicyclic) bond motifs is 3. The molecule has 7 atom stereocenters. The van der Waals surface area contributed by atoms with Gasteiger partial charge in [-0.1, -0.05) is 37.3 Å². The molecule has 6 rings (SSSR count). The van der Waals surface area contributed by atoms with Crippen molar-refractivity contribution in [1.29, 1.82) is 0 Å². The Morgan fingerprint density at radius 3 is 2.53 bits per heavy atom. The van der Waals surface area contributed by atoms with E-state index in [9.17, 15) is 36.4 Å². The van der Waals surface area contributed by atoms with Crippen LogP contribution in [0.2, 0.25) is 0 Å². The third-order valence-electron chi connectivity index (χ3n) is 11.4. The summed E-state index contributed by atoms with van der Waals surface area (Å²) in [5.41, 5.74) is -3.83. The van der Waals surface area contributed by atoms with Gasteiger partial charge in [-0.3, -0.25) is 19.1 Å². The van der Waals surface area contributed by atoms with Crippen LogP contribution in [-0.4, -0.2) is 108 Å². The van der Waals surface area contributed by atoms with Crippen molar-refractivity contribution < 1.29 is 55.3 Å². The predicted octanol–water partition coefficient (Wildman–Crippen LogP) is 4.14. The van der Waals surface area contributed by atoms with E-state index in [2.05, 4.69) is 20.3 Å². The Morgan fingerprint density at radius 2 is 1.88 bits per heavy atom. The summed E-state index contributed by atoms with van der Waals surface area (Å²) >= 11 is 0. The van der Waals surface area contributed by atoms with Crippen LogP contribution >= 0.6 is 0 Å². The number of aromatic nitrogens is 1. The zero-order valence-corrected chi connectivity index (χ0v) is 33.7. The fraction of sp³-hybridized carbons (Fsp3) is 0.615. The highest BCUT2D eigenvalue weighted by molar-refractivity contribution is 7.91. The number of allylic oxidation sites excluding steroid dienone is 1. The third kappa shape index (κ3) is 8.66. The quantitative estimate of drug-likeness (QED) is 0.292. The highest BCUT2D eigenvalue weighted by Crippen LogP contribution is 2.47. The molecule has 0 spiro atoms. The molecule has 3 fully saturated rings. The minimum Gasteiger partial charge on any atom is -0.494 e. The highest BCUT2D eigenvalue weighted by atomic mass is 32.2. The summed E-state index contributed by atoms with van der Waals surface area (Å²) < 4.78 is 78.2. The van der Waals surface area contributed by atoms with Crippen LogP contribution in [0.4, 0.5) is 13.6 Å². The lowest BCUT2D eigenvalue weighted by Crippen LogP contribution is -2.61. The van der Waals surface area contributed by atoms with E-state index >= 15 is 0 Å². The molecule has 1 aromatic heterocycles. The maximum Gasteiger partial charge on any atom is 0.408 e. The monoisotopic (exact) mass is 819 g/mol. The van der Waals surface area contributed by atoms with Crippen LogP contribution in [0.1, 0.15) is 79.6 Å². The van der Waals surface area contributed by atoms with Crippen LogP contribution < -0.4 is 24.8 Å². The second-order valence-electron chi connectivity index (χ2n) is 16.1. The predicted molar refractivity (Wildman–Crippen MR) is 203 cm³/mol. The number of halogens is 2. The van der Waals surface area contributed by atoms with E-state index in [4.69, 9.17) is 18.9 Å². The molecule has 1 saturated heterocycles. The molecule has 0 unspecified atom stereocenters. The van der Waals surface area contributed by atoms with Gasteiger partial charge in [0.15, 0.2) is 5.60 Å². The zero-order chi connectivity index (χ0) is 41.5. The molecule has 18 heteroatoms. The van der Waals surface area contributed by atoms with Crippen molar-refractivity contribution in [2.75, 3.05) is 13.7 Å². The lowest BCUT2D eigenvalue weighted by atomic mass is 10.0. The van der Waals surface area contributed by atoms with E-state index in [1.807, 2.05) is 18.2 Å². The Hall–Kier alpha value is -4.58. The van der Waals surface area contributed by atoms with E-state index in [1.165, 1.54) is 18.2 Å². The topological polar surface area (TPSA) is 192 Å². The van der Waals surface area contributed by atoms with Crippen molar-refractivity contribution in [2.24, 2.45) is 5.92 Å². The van der Waals surface area contributed by atoms with Crippen molar-refractivity contribution >= 4 is 44.6 Å². The molecular formula is C39H51F2N5O10S. The molecule has 57 heavy (non-hydrogen) atoms. The molecule has 2 saturated carbocycles. The number of nitrogens with one attached hydrogen (secondary N) is 3. The number of hydrogen-bond donors (Lipinski definition) is 3. The first kappa shape index (κ1) is 42.0. The summed E-state index contributed by atoms with van der Waals surface area (Å²) in [6.45, 7) is 6.93. The van der Waals surface area contributed by atoms with Gasteiger partial charge in [0.1, 0.15) is 29.5 Å². The Bertz CT molecular complexity index is 2030. The van der Waals surface area contributed by atoms with Crippen molar-refractivity contribution in [3.05, 3.63) is 42.6 Å². The number of alkyl halides is 2. The smallest absolute Gasteiger partial charge is 0.408 e. The average molecular weight is 820 g/mol. The number of pyridine rings is 1. The summed E-state index contributed by atoms with van der Waals surface area (Å²) in [5.74, 6) is -2.29. The first-order valence-corrected chi connectivity index (χ1v) is 20.7. The molecule has 0 bridgehead atoms. The number of ether oxygens (including phenoxy) is 4. The van der Waals surface area contributed by atoms with Crippen LogP contribution in [-0.2, 0) is 33.9 Å². The first-order valence-electron chi connectivity index (χ1n) is 19.2. The van der Waals surface area contributed by atoms with Crippen molar-refractivity contribution in [3.63, 3.8) is 0 Å². The number of alkyl carbamates (subject to hydrolysis) is 1. The number of sulfonamides is 1. The molecule has 3 N–H and O–H groups in total. The lowest BCUT2D eigenvalue weighted by molar-refractivity contribution is -0.145. The number of nitrogens with zero attached hydrogens (tertiary/aromatic N) is 2.